The zero-order valence-corrected chi connectivity index (χ0v) is 15.1. The Kier molecular flexibility index (Phi) is 5.14. The average Bonchev–Trinajstić information content (AvgIpc) is 2.59. The molecule has 0 N–H and O–H groups in total. The first-order chi connectivity index (χ1) is 11.6. The lowest BCUT2D eigenvalue weighted by atomic mass is 10.1. The number of thioether (sulfide) groups is 1. The highest BCUT2D eigenvalue weighted by Crippen LogP contribution is 2.35. The van der Waals surface area contributed by atoms with E-state index in [9.17, 15) is 4.79 Å². The van der Waals surface area contributed by atoms with Crippen LogP contribution >= 0.6 is 11.8 Å². The van der Waals surface area contributed by atoms with Gasteiger partial charge >= 0.3 is 0 Å². The second-order valence-electron chi connectivity index (χ2n) is 5.65. The monoisotopic (exact) mass is 346 g/mol. The molecule has 0 saturated carbocycles. The molecule has 1 aliphatic rings. The third-order valence-electron chi connectivity index (χ3n) is 4.07. The highest BCUT2D eigenvalue weighted by atomic mass is 32.2. The number of nitrogens with zero attached hydrogens (tertiary/aromatic N) is 2. The summed E-state index contributed by atoms with van der Waals surface area (Å²) in [6.07, 6.45) is 0. The second kappa shape index (κ2) is 7.30. The van der Waals surface area contributed by atoms with E-state index in [0.717, 1.165) is 46.1 Å². The fraction of sp³-hybridized carbons (Fsp3) is 0.444. The van der Waals surface area contributed by atoms with Crippen LogP contribution in [0.5, 0.6) is 11.5 Å². The van der Waals surface area contributed by atoms with Gasteiger partial charge in [0.1, 0.15) is 18.2 Å². The smallest absolute Gasteiger partial charge is 0.232 e. The summed E-state index contributed by atoms with van der Waals surface area (Å²) in [7, 11) is 0. The molecule has 0 atom stereocenters. The minimum absolute atomic E-state index is 0.147. The van der Waals surface area contributed by atoms with E-state index in [1.54, 1.807) is 0 Å². The molecule has 1 aromatic carbocycles. The Morgan fingerprint density at radius 1 is 1.17 bits per heavy atom. The van der Waals surface area contributed by atoms with Crippen LogP contribution in [0.3, 0.4) is 0 Å². The van der Waals surface area contributed by atoms with Gasteiger partial charge in [-0.1, -0.05) is 11.8 Å². The molecule has 0 unspecified atom stereocenters. The zero-order chi connectivity index (χ0) is 17.1. The fourth-order valence-electron chi connectivity index (χ4n) is 2.74. The van der Waals surface area contributed by atoms with Crippen molar-refractivity contribution in [2.75, 3.05) is 32.1 Å². The molecule has 5 nitrogen and oxygen atoms in total. The number of ether oxygens (including phenoxy) is 2. The Balaban J connectivity index is 1.83. The van der Waals surface area contributed by atoms with Crippen molar-refractivity contribution in [3.05, 3.63) is 23.8 Å². The van der Waals surface area contributed by atoms with E-state index in [1.807, 2.05) is 37.8 Å². The minimum Gasteiger partial charge on any atom is -0.486 e. The Morgan fingerprint density at radius 3 is 2.50 bits per heavy atom. The third kappa shape index (κ3) is 3.43. The van der Waals surface area contributed by atoms with Crippen molar-refractivity contribution in [1.82, 2.24) is 9.88 Å². The molecule has 1 amide bonds. The molecule has 3 rings (SSSR count). The molecule has 0 saturated heterocycles. The summed E-state index contributed by atoms with van der Waals surface area (Å²) >= 11 is 1.49. The van der Waals surface area contributed by atoms with Gasteiger partial charge < -0.3 is 14.4 Å². The van der Waals surface area contributed by atoms with Crippen molar-refractivity contribution in [3.8, 4) is 11.5 Å². The van der Waals surface area contributed by atoms with E-state index >= 15 is 0 Å². The number of aromatic nitrogens is 1. The molecule has 1 aromatic heterocycles. The number of hydrogen-bond donors (Lipinski definition) is 0. The molecule has 0 fully saturated rings. The van der Waals surface area contributed by atoms with Gasteiger partial charge in [-0.05, 0) is 38.5 Å². The van der Waals surface area contributed by atoms with Crippen LogP contribution in [0, 0.1) is 6.92 Å². The molecular formula is C18H22N2O3S. The first-order valence-electron chi connectivity index (χ1n) is 8.24. The van der Waals surface area contributed by atoms with Gasteiger partial charge in [-0.3, -0.25) is 4.79 Å². The van der Waals surface area contributed by atoms with Crippen molar-refractivity contribution in [2.24, 2.45) is 0 Å². The van der Waals surface area contributed by atoms with Crippen LogP contribution < -0.4 is 9.47 Å². The Hall–Kier alpha value is -1.95. The number of carbonyl (C=O) groups is 1. The largest absolute Gasteiger partial charge is 0.486 e. The Bertz CT molecular complexity index is 760. The maximum atomic E-state index is 12.2. The molecule has 1 aliphatic heterocycles. The molecule has 2 aromatic rings. The molecule has 6 heteroatoms. The van der Waals surface area contributed by atoms with E-state index in [-0.39, 0.29) is 5.91 Å². The number of hydrogen-bond acceptors (Lipinski definition) is 5. The number of benzene rings is 1. The second-order valence-corrected chi connectivity index (χ2v) is 6.62. The van der Waals surface area contributed by atoms with Crippen LogP contribution in [0.2, 0.25) is 0 Å². The summed E-state index contributed by atoms with van der Waals surface area (Å²) in [6, 6.07) is 5.98. The van der Waals surface area contributed by atoms with Crippen LogP contribution in [0.15, 0.2) is 23.2 Å². The number of aryl methyl sites for hydroxylation is 1. The quantitative estimate of drug-likeness (QED) is 0.778. The van der Waals surface area contributed by atoms with E-state index in [4.69, 9.17) is 14.5 Å². The molecule has 0 radical (unpaired) electrons. The minimum atomic E-state index is 0.147. The summed E-state index contributed by atoms with van der Waals surface area (Å²) in [5.74, 6) is 2.06. The van der Waals surface area contributed by atoms with Crippen molar-refractivity contribution in [1.29, 1.82) is 0 Å². The highest BCUT2D eigenvalue weighted by molar-refractivity contribution is 7.99. The first kappa shape index (κ1) is 16.9. The van der Waals surface area contributed by atoms with Crippen LogP contribution in [0.25, 0.3) is 10.9 Å². The zero-order valence-electron chi connectivity index (χ0n) is 14.3. The van der Waals surface area contributed by atoms with Gasteiger partial charge in [0, 0.05) is 24.5 Å². The third-order valence-corrected chi connectivity index (χ3v) is 5.15. The van der Waals surface area contributed by atoms with Gasteiger partial charge in [-0.15, -0.1) is 0 Å². The van der Waals surface area contributed by atoms with Crippen LogP contribution in [-0.2, 0) is 4.79 Å². The SMILES string of the molecule is CCN(CC)C(=O)CSc1nc2cc3c(cc2cc1C)OCCO3. The number of fused-ring (bicyclic) bond motifs is 2. The summed E-state index contributed by atoms with van der Waals surface area (Å²) < 4.78 is 11.3. The van der Waals surface area contributed by atoms with E-state index in [0.29, 0.717) is 19.0 Å². The number of amides is 1. The van der Waals surface area contributed by atoms with E-state index in [2.05, 4.69) is 6.07 Å². The van der Waals surface area contributed by atoms with Crippen molar-refractivity contribution < 1.29 is 14.3 Å². The van der Waals surface area contributed by atoms with E-state index in [1.165, 1.54) is 11.8 Å². The van der Waals surface area contributed by atoms with Crippen LogP contribution in [-0.4, -0.2) is 47.8 Å². The van der Waals surface area contributed by atoms with Crippen molar-refractivity contribution in [2.45, 2.75) is 25.8 Å². The van der Waals surface area contributed by atoms with Gasteiger partial charge in [0.25, 0.3) is 0 Å². The predicted molar refractivity (Wildman–Crippen MR) is 96.1 cm³/mol. The summed E-state index contributed by atoms with van der Waals surface area (Å²) in [4.78, 5) is 18.7. The van der Waals surface area contributed by atoms with Gasteiger partial charge in [-0.25, -0.2) is 4.98 Å². The summed E-state index contributed by atoms with van der Waals surface area (Å²) in [5.41, 5.74) is 1.93. The fourth-order valence-corrected chi connectivity index (χ4v) is 3.63. The number of carbonyl (C=O) groups excluding carboxylic acids is 1. The number of pyridine rings is 1. The van der Waals surface area contributed by atoms with Gasteiger partial charge in [0.05, 0.1) is 11.3 Å². The average molecular weight is 346 g/mol. The van der Waals surface area contributed by atoms with Crippen LogP contribution in [0.1, 0.15) is 19.4 Å². The maximum absolute atomic E-state index is 12.2. The lowest BCUT2D eigenvalue weighted by Crippen LogP contribution is -2.31. The van der Waals surface area contributed by atoms with Crippen molar-refractivity contribution >= 4 is 28.6 Å². The predicted octanol–water partition coefficient (Wildman–Crippen LogP) is 3.27. The lowest BCUT2D eigenvalue weighted by molar-refractivity contribution is -0.127. The molecule has 24 heavy (non-hydrogen) atoms. The molecule has 0 aliphatic carbocycles. The standard InChI is InChI=1S/C18H22N2O3S/c1-4-20(5-2)17(21)11-24-18-12(3)8-13-9-15-16(10-14(13)19-18)23-7-6-22-15/h8-10H,4-7,11H2,1-3H3. The van der Waals surface area contributed by atoms with Gasteiger partial charge in [0.15, 0.2) is 11.5 Å². The normalized spacial score (nSPS) is 13.1. The maximum Gasteiger partial charge on any atom is 0.232 e. The molecular weight excluding hydrogens is 324 g/mol. The molecule has 128 valence electrons. The van der Waals surface area contributed by atoms with Crippen LogP contribution in [0.4, 0.5) is 0 Å². The van der Waals surface area contributed by atoms with Crippen molar-refractivity contribution in [3.63, 3.8) is 0 Å². The summed E-state index contributed by atoms with van der Waals surface area (Å²) in [6.45, 7) is 8.63. The first-order valence-corrected chi connectivity index (χ1v) is 9.22. The van der Waals surface area contributed by atoms with Gasteiger partial charge in [0.2, 0.25) is 5.91 Å². The molecule has 0 spiro atoms. The Labute approximate surface area is 146 Å². The topological polar surface area (TPSA) is 51.7 Å². The van der Waals surface area contributed by atoms with Gasteiger partial charge in [-0.2, -0.15) is 0 Å². The summed E-state index contributed by atoms with van der Waals surface area (Å²) in [5, 5.41) is 1.91. The van der Waals surface area contributed by atoms with E-state index < -0.39 is 0 Å². The Morgan fingerprint density at radius 2 is 1.83 bits per heavy atom. The molecule has 0 bridgehead atoms. The number of rotatable bonds is 5. The molecule has 2 heterocycles. The highest BCUT2D eigenvalue weighted by Gasteiger charge is 2.16. The lowest BCUT2D eigenvalue weighted by Gasteiger charge is -2.19.